The predicted molar refractivity (Wildman–Crippen MR) is 86.1 cm³/mol. The summed E-state index contributed by atoms with van der Waals surface area (Å²) in [6.07, 6.45) is 0.833. The van der Waals surface area contributed by atoms with E-state index in [0.29, 0.717) is 11.1 Å². The fourth-order valence-electron chi connectivity index (χ4n) is 2.57. The minimum Gasteiger partial charge on any atom is -0.465 e. The zero-order chi connectivity index (χ0) is 15.5. The summed E-state index contributed by atoms with van der Waals surface area (Å²) in [6, 6.07) is 18.8. The molecule has 0 aliphatic rings. The molecule has 0 aromatic heterocycles. The maximum absolute atomic E-state index is 11.7. The number of carbonyl (C=O) groups excluding carboxylic acids is 2. The first-order chi connectivity index (χ1) is 10.7. The molecule has 0 heterocycles. The van der Waals surface area contributed by atoms with Crippen LogP contribution in [0, 0.1) is 0 Å². The van der Waals surface area contributed by atoms with Crippen molar-refractivity contribution < 1.29 is 14.3 Å². The number of hydrogen-bond donors (Lipinski definition) is 0. The number of hydrogen-bond acceptors (Lipinski definition) is 3. The molecule has 0 aliphatic carbocycles. The molecule has 0 saturated carbocycles. The number of ether oxygens (including phenoxy) is 1. The van der Waals surface area contributed by atoms with Gasteiger partial charge in [0, 0.05) is 5.56 Å². The number of rotatable bonds is 3. The summed E-state index contributed by atoms with van der Waals surface area (Å²) in [5, 5.41) is 2.03. The van der Waals surface area contributed by atoms with Crippen molar-refractivity contribution in [2.24, 2.45) is 0 Å². The number of aldehydes is 1. The fourth-order valence-corrected chi connectivity index (χ4v) is 2.57. The van der Waals surface area contributed by atoms with Gasteiger partial charge in [-0.2, -0.15) is 0 Å². The third-order valence-electron chi connectivity index (χ3n) is 3.61. The molecular formula is C19H14O3. The molecule has 0 saturated heterocycles. The summed E-state index contributed by atoms with van der Waals surface area (Å²) in [6.45, 7) is 0. The van der Waals surface area contributed by atoms with Crippen LogP contribution in [0.3, 0.4) is 0 Å². The van der Waals surface area contributed by atoms with Crippen LogP contribution < -0.4 is 0 Å². The Hall–Kier alpha value is -2.94. The summed E-state index contributed by atoms with van der Waals surface area (Å²) in [5.74, 6) is -0.377. The van der Waals surface area contributed by atoms with Crippen LogP contribution in [0.25, 0.3) is 21.9 Å². The molecule has 3 rings (SSSR count). The van der Waals surface area contributed by atoms with Crippen molar-refractivity contribution in [1.82, 2.24) is 0 Å². The molecule has 0 unspecified atom stereocenters. The maximum Gasteiger partial charge on any atom is 0.337 e. The number of benzene rings is 3. The number of fused-ring (bicyclic) bond motifs is 1. The molecule has 0 aliphatic heterocycles. The monoisotopic (exact) mass is 290 g/mol. The second-order valence-electron chi connectivity index (χ2n) is 4.98. The quantitative estimate of drug-likeness (QED) is 0.538. The molecule has 0 radical (unpaired) electrons. The van der Waals surface area contributed by atoms with Gasteiger partial charge in [0.2, 0.25) is 0 Å². The van der Waals surface area contributed by atoms with Crippen molar-refractivity contribution >= 4 is 23.0 Å². The highest BCUT2D eigenvalue weighted by molar-refractivity contribution is 6.01. The third-order valence-corrected chi connectivity index (χ3v) is 3.61. The second kappa shape index (κ2) is 5.82. The molecule has 0 atom stereocenters. The Labute approximate surface area is 128 Å². The third kappa shape index (κ3) is 2.49. The lowest BCUT2D eigenvalue weighted by Gasteiger charge is -2.09. The highest BCUT2D eigenvalue weighted by Gasteiger charge is 2.10. The lowest BCUT2D eigenvalue weighted by molar-refractivity contribution is 0.0600. The zero-order valence-corrected chi connectivity index (χ0v) is 12.1. The van der Waals surface area contributed by atoms with Crippen molar-refractivity contribution in [3.8, 4) is 11.1 Å². The molecule has 0 fully saturated rings. The van der Waals surface area contributed by atoms with Gasteiger partial charge in [0.1, 0.15) is 6.29 Å². The smallest absolute Gasteiger partial charge is 0.337 e. The topological polar surface area (TPSA) is 43.4 Å². The Morgan fingerprint density at radius 2 is 1.82 bits per heavy atom. The van der Waals surface area contributed by atoms with E-state index in [4.69, 9.17) is 4.74 Å². The molecule has 108 valence electrons. The molecule has 3 aromatic carbocycles. The summed E-state index contributed by atoms with van der Waals surface area (Å²) in [7, 11) is 1.36. The van der Waals surface area contributed by atoms with Crippen LogP contribution in [-0.2, 0) is 4.74 Å². The van der Waals surface area contributed by atoms with Crippen molar-refractivity contribution in [1.29, 1.82) is 0 Å². The number of methoxy groups -OCH3 is 1. The van der Waals surface area contributed by atoms with Crippen LogP contribution in [0.15, 0.2) is 60.7 Å². The first-order valence-electron chi connectivity index (χ1n) is 6.89. The summed E-state index contributed by atoms with van der Waals surface area (Å²) in [5.41, 5.74) is 2.89. The van der Waals surface area contributed by atoms with Gasteiger partial charge in [-0.15, -0.1) is 0 Å². The SMILES string of the molecule is COC(=O)c1cccc(-c2cc(C=O)cc3ccccc23)c1. The molecule has 0 spiro atoms. The highest BCUT2D eigenvalue weighted by Crippen LogP contribution is 2.30. The molecule has 0 N–H and O–H groups in total. The predicted octanol–water partition coefficient (Wildman–Crippen LogP) is 4.11. The van der Waals surface area contributed by atoms with Crippen LogP contribution in [-0.4, -0.2) is 19.4 Å². The van der Waals surface area contributed by atoms with Crippen LogP contribution in [0.2, 0.25) is 0 Å². The Morgan fingerprint density at radius 1 is 1.00 bits per heavy atom. The molecule has 22 heavy (non-hydrogen) atoms. The normalized spacial score (nSPS) is 10.4. The number of esters is 1. The minimum absolute atomic E-state index is 0.377. The van der Waals surface area contributed by atoms with Crippen molar-refractivity contribution in [3.05, 3.63) is 71.8 Å². The molecular weight excluding hydrogens is 276 g/mol. The minimum atomic E-state index is -0.377. The van der Waals surface area contributed by atoms with E-state index >= 15 is 0 Å². The van der Waals surface area contributed by atoms with E-state index < -0.39 is 0 Å². The van der Waals surface area contributed by atoms with E-state index in [2.05, 4.69) is 0 Å². The molecule has 3 nitrogen and oxygen atoms in total. The van der Waals surface area contributed by atoms with Gasteiger partial charge in [0.05, 0.1) is 12.7 Å². The van der Waals surface area contributed by atoms with Crippen molar-refractivity contribution in [2.75, 3.05) is 7.11 Å². The summed E-state index contributed by atoms with van der Waals surface area (Å²) in [4.78, 5) is 22.9. The molecule has 3 heteroatoms. The van der Waals surface area contributed by atoms with Crippen LogP contribution in [0.5, 0.6) is 0 Å². The van der Waals surface area contributed by atoms with E-state index in [1.807, 2.05) is 48.5 Å². The maximum atomic E-state index is 11.7. The molecule has 3 aromatic rings. The van der Waals surface area contributed by atoms with Gasteiger partial charge >= 0.3 is 5.97 Å². The van der Waals surface area contributed by atoms with E-state index in [9.17, 15) is 9.59 Å². The van der Waals surface area contributed by atoms with Gasteiger partial charge in [0.15, 0.2) is 0 Å². The Bertz CT molecular complexity index is 865. The van der Waals surface area contributed by atoms with Crippen LogP contribution in [0.4, 0.5) is 0 Å². The van der Waals surface area contributed by atoms with Gasteiger partial charge in [-0.05, 0) is 46.2 Å². The summed E-state index contributed by atoms with van der Waals surface area (Å²) < 4.78 is 4.76. The number of carbonyl (C=O) groups is 2. The Balaban J connectivity index is 2.25. The Morgan fingerprint density at radius 3 is 2.59 bits per heavy atom. The van der Waals surface area contributed by atoms with Crippen molar-refractivity contribution in [2.45, 2.75) is 0 Å². The van der Waals surface area contributed by atoms with Gasteiger partial charge in [0.25, 0.3) is 0 Å². The summed E-state index contributed by atoms with van der Waals surface area (Å²) >= 11 is 0. The lowest BCUT2D eigenvalue weighted by atomic mass is 9.95. The van der Waals surface area contributed by atoms with Gasteiger partial charge in [-0.1, -0.05) is 36.4 Å². The van der Waals surface area contributed by atoms with Gasteiger partial charge < -0.3 is 4.74 Å². The standard InChI is InChI=1S/C19H14O3/c1-22-19(21)16-7-4-6-15(11-16)18-10-13(12-20)9-14-5-2-3-8-17(14)18/h2-12H,1H3. The van der Waals surface area contributed by atoms with Gasteiger partial charge in [-0.3, -0.25) is 4.79 Å². The first-order valence-corrected chi connectivity index (χ1v) is 6.89. The Kier molecular flexibility index (Phi) is 3.71. The molecule has 0 bridgehead atoms. The lowest BCUT2D eigenvalue weighted by Crippen LogP contribution is -2.00. The fraction of sp³-hybridized carbons (Fsp3) is 0.0526. The average Bonchev–Trinajstić information content (AvgIpc) is 2.60. The van der Waals surface area contributed by atoms with Crippen LogP contribution in [0.1, 0.15) is 20.7 Å². The zero-order valence-electron chi connectivity index (χ0n) is 12.1. The van der Waals surface area contributed by atoms with E-state index in [0.717, 1.165) is 28.2 Å². The molecule has 0 amide bonds. The highest BCUT2D eigenvalue weighted by atomic mass is 16.5. The second-order valence-corrected chi connectivity index (χ2v) is 4.98. The van der Waals surface area contributed by atoms with E-state index in [1.54, 1.807) is 12.1 Å². The van der Waals surface area contributed by atoms with E-state index in [1.165, 1.54) is 7.11 Å². The average molecular weight is 290 g/mol. The first kappa shape index (κ1) is 14.0. The van der Waals surface area contributed by atoms with Crippen LogP contribution >= 0.6 is 0 Å². The van der Waals surface area contributed by atoms with Gasteiger partial charge in [-0.25, -0.2) is 4.79 Å². The largest absolute Gasteiger partial charge is 0.465 e. The van der Waals surface area contributed by atoms with Crippen molar-refractivity contribution in [3.63, 3.8) is 0 Å². The van der Waals surface area contributed by atoms with E-state index in [-0.39, 0.29) is 5.97 Å².